The quantitative estimate of drug-likeness (QED) is 0.623. The molecule has 0 aliphatic carbocycles. The molecule has 1 aliphatic rings. The van der Waals surface area contributed by atoms with Gasteiger partial charge in [-0.1, -0.05) is 6.08 Å². The third-order valence-corrected chi connectivity index (χ3v) is 3.68. The Morgan fingerprint density at radius 2 is 2.13 bits per heavy atom. The first-order valence-corrected chi connectivity index (χ1v) is 7.90. The summed E-state index contributed by atoms with van der Waals surface area (Å²) >= 11 is 0. The molecule has 0 aromatic heterocycles. The fraction of sp³-hybridized carbons (Fsp3) is 0.750. The van der Waals surface area contributed by atoms with Gasteiger partial charge in [0.15, 0.2) is 0 Å². The van der Waals surface area contributed by atoms with Crippen LogP contribution < -0.4 is 10.6 Å². The van der Waals surface area contributed by atoms with E-state index in [0.29, 0.717) is 19.4 Å². The minimum Gasteiger partial charge on any atom is -0.444 e. The van der Waals surface area contributed by atoms with E-state index in [0.717, 1.165) is 0 Å². The standard InChI is InChI=1S/C16H29N3O4/c1-6-7-13(17-5)14(21)19-9-11(8-12(19)10-20)18-15(22)23-16(2,3)4/h6,11-13,17,20H,1,7-10H2,2-5H3,(H,18,22)/t11-,12-,13-/m0/s1. The van der Waals surface area contributed by atoms with Crippen molar-refractivity contribution in [1.82, 2.24) is 15.5 Å². The third kappa shape index (κ3) is 5.84. The Hall–Kier alpha value is -1.60. The van der Waals surface area contributed by atoms with E-state index in [4.69, 9.17) is 4.74 Å². The highest BCUT2D eigenvalue weighted by atomic mass is 16.6. The lowest BCUT2D eigenvalue weighted by Crippen LogP contribution is -2.49. The van der Waals surface area contributed by atoms with Crippen LogP contribution in [-0.2, 0) is 9.53 Å². The molecule has 1 rings (SSSR count). The number of amides is 2. The van der Waals surface area contributed by atoms with Gasteiger partial charge in [-0.3, -0.25) is 4.79 Å². The molecule has 1 heterocycles. The second-order valence-corrected chi connectivity index (χ2v) is 6.77. The van der Waals surface area contributed by atoms with Crippen LogP contribution in [0.15, 0.2) is 12.7 Å². The Morgan fingerprint density at radius 3 is 2.61 bits per heavy atom. The molecule has 23 heavy (non-hydrogen) atoms. The monoisotopic (exact) mass is 327 g/mol. The largest absolute Gasteiger partial charge is 0.444 e. The molecule has 7 heteroatoms. The van der Waals surface area contributed by atoms with E-state index in [9.17, 15) is 14.7 Å². The van der Waals surface area contributed by atoms with Crippen molar-refractivity contribution in [3.05, 3.63) is 12.7 Å². The number of alkyl carbamates (subject to hydrolysis) is 1. The van der Waals surface area contributed by atoms with Gasteiger partial charge in [0.2, 0.25) is 5.91 Å². The third-order valence-electron chi connectivity index (χ3n) is 3.68. The van der Waals surface area contributed by atoms with Gasteiger partial charge in [0.25, 0.3) is 0 Å². The smallest absolute Gasteiger partial charge is 0.407 e. The van der Waals surface area contributed by atoms with Gasteiger partial charge in [0, 0.05) is 6.54 Å². The Balaban J connectivity index is 2.68. The molecule has 0 radical (unpaired) electrons. The summed E-state index contributed by atoms with van der Waals surface area (Å²) in [5.41, 5.74) is -0.574. The van der Waals surface area contributed by atoms with Gasteiger partial charge in [0.05, 0.1) is 24.7 Å². The second kappa shape index (κ2) is 8.31. The van der Waals surface area contributed by atoms with E-state index in [-0.39, 0.29) is 30.6 Å². The van der Waals surface area contributed by atoms with E-state index in [1.807, 2.05) is 0 Å². The summed E-state index contributed by atoms with van der Waals surface area (Å²) in [6, 6.07) is -0.905. The average Bonchev–Trinajstić information content (AvgIpc) is 2.84. The van der Waals surface area contributed by atoms with Crippen molar-refractivity contribution < 1.29 is 19.4 Å². The summed E-state index contributed by atoms with van der Waals surface area (Å²) < 4.78 is 5.23. The first-order chi connectivity index (χ1) is 10.7. The summed E-state index contributed by atoms with van der Waals surface area (Å²) in [6.45, 7) is 9.25. The van der Waals surface area contributed by atoms with Gasteiger partial charge in [0.1, 0.15) is 5.60 Å². The van der Waals surface area contributed by atoms with Gasteiger partial charge in [-0.25, -0.2) is 4.79 Å². The summed E-state index contributed by atoms with van der Waals surface area (Å²) in [4.78, 5) is 26.0. The summed E-state index contributed by atoms with van der Waals surface area (Å²) in [6.07, 6.45) is 2.18. The molecule has 2 amide bonds. The van der Waals surface area contributed by atoms with Crippen molar-refractivity contribution in [2.24, 2.45) is 0 Å². The molecule has 7 nitrogen and oxygen atoms in total. The molecule has 0 spiro atoms. The van der Waals surface area contributed by atoms with Crippen LogP contribution in [0.4, 0.5) is 4.79 Å². The summed E-state index contributed by atoms with van der Waals surface area (Å²) in [7, 11) is 1.71. The van der Waals surface area contributed by atoms with Crippen molar-refractivity contribution in [2.75, 3.05) is 20.2 Å². The van der Waals surface area contributed by atoms with Gasteiger partial charge >= 0.3 is 6.09 Å². The summed E-state index contributed by atoms with van der Waals surface area (Å²) in [5, 5.41) is 15.3. The van der Waals surface area contributed by atoms with Crippen LogP contribution in [0.5, 0.6) is 0 Å². The number of ether oxygens (including phenoxy) is 1. The predicted octanol–water partition coefficient (Wildman–Crippen LogP) is 0.637. The second-order valence-electron chi connectivity index (χ2n) is 6.77. The Labute approximate surface area is 138 Å². The number of carbonyl (C=O) groups is 2. The number of likely N-dealkylation sites (tertiary alicyclic amines) is 1. The lowest BCUT2D eigenvalue weighted by atomic mass is 10.1. The Kier molecular flexibility index (Phi) is 7.02. The Morgan fingerprint density at radius 1 is 1.48 bits per heavy atom. The number of hydrogen-bond acceptors (Lipinski definition) is 5. The zero-order valence-electron chi connectivity index (χ0n) is 14.5. The zero-order chi connectivity index (χ0) is 17.6. The van der Waals surface area contributed by atoms with Crippen molar-refractivity contribution in [2.45, 2.75) is 57.3 Å². The van der Waals surface area contributed by atoms with E-state index in [1.165, 1.54) is 0 Å². The lowest BCUT2D eigenvalue weighted by Gasteiger charge is -2.27. The summed E-state index contributed by atoms with van der Waals surface area (Å²) in [5.74, 6) is -0.0973. The van der Waals surface area contributed by atoms with Gasteiger partial charge < -0.3 is 25.4 Å². The van der Waals surface area contributed by atoms with E-state index >= 15 is 0 Å². The molecule has 0 bridgehead atoms. The molecule has 3 atom stereocenters. The number of likely N-dealkylation sites (N-methyl/N-ethyl adjacent to an activating group) is 1. The van der Waals surface area contributed by atoms with Crippen LogP contribution >= 0.6 is 0 Å². The van der Waals surface area contributed by atoms with Crippen LogP contribution in [0.1, 0.15) is 33.6 Å². The van der Waals surface area contributed by atoms with Gasteiger partial charge in [-0.2, -0.15) is 0 Å². The highest BCUT2D eigenvalue weighted by molar-refractivity contribution is 5.83. The fourth-order valence-corrected chi connectivity index (χ4v) is 2.65. The van der Waals surface area contributed by atoms with E-state index in [2.05, 4.69) is 17.2 Å². The van der Waals surface area contributed by atoms with Crippen molar-refractivity contribution in [3.8, 4) is 0 Å². The number of rotatable bonds is 6. The van der Waals surface area contributed by atoms with Crippen molar-refractivity contribution in [1.29, 1.82) is 0 Å². The fourth-order valence-electron chi connectivity index (χ4n) is 2.65. The molecule has 1 fully saturated rings. The molecule has 0 saturated carbocycles. The minimum atomic E-state index is -0.574. The maximum Gasteiger partial charge on any atom is 0.407 e. The molecule has 0 aromatic rings. The van der Waals surface area contributed by atoms with Crippen LogP contribution in [0.25, 0.3) is 0 Å². The highest BCUT2D eigenvalue weighted by Gasteiger charge is 2.38. The first-order valence-electron chi connectivity index (χ1n) is 7.90. The van der Waals surface area contributed by atoms with E-state index < -0.39 is 11.7 Å². The number of hydrogen-bond donors (Lipinski definition) is 3. The molecule has 0 aromatic carbocycles. The highest BCUT2D eigenvalue weighted by Crippen LogP contribution is 2.20. The molecule has 132 valence electrons. The molecule has 3 N–H and O–H groups in total. The first kappa shape index (κ1) is 19.4. The van der Waals surface area contributed by atoms with Crippen LogP contribution in [0.2, 0.25) is 0 Å². The lowest BCUT2D eigenvalue weighted by molar-refractivity contribution is -0.134. The number of aliphatic hydroxyl groups is 1. The van der Waals surface area contributed by atoms with Crippen LogP contribution in [0.3, 0.4) is 0 Å². The van der Waals surface area contributed by atoms with Crippen LogP contribution in [0, 0.1) is 0 Å². The normalized spacial score (nSPS) is 22.6. The molecular formula is C16H29N3O4. The average molecular weight is 327 g/mol. The Bertz CT molecular complexity index is 434. The number of nitrogens with zero attached hydrogens (tertiary/aromatic N) is 1. The predicted molar refractivity (Wildman–Crippen MR) is 88.0 cm³/mol. The molecule has 0 unspecified atom stereocenters. The van der Waals surface area contributed by atoms with E-state index in [1.54, 1.807) is 38.8 Å². The number of carbonyl (C=O) groups excluding carboxylic acids is 2. The molecule has 1 aliphatic heterocycles. The maximum atomic E-state index is 12.6. The van der Waals surface area contributed by atoms with Crippen LogP contribution in [-0.4, -0.2) is 65.9 Å². The van der Waals surface area contributed by atoms with Crippen molar-refractivity contribution >= 4 is 12.0 Å². The maximum absolute atomic E-state index is 12.6. The van der Waals surface area contributed by atoms with Gasteiger partial charge in [-0.15, -0.1) is 6.58 Å². The number of aliphatic hydroxyl groups excluding tert-OH is 1. The number of nitrogens with one attached hydrogen (secondary N) is 2. The SMILES string of the molecule is C=CC[C@H](NC)C(=O)N1C[C@@H](NC(=O)OC(C)(C)C)C[C@H]1CO. The molecular weight excluding hydrogens is 298 g/mol. The minimum absolute atomic E-state index is 0.0973. The van der Waals surface area contributed by atoms with Crippen molar-refractivity contribution in [3.63, 3.8) is 0 Å². The topological polar surface area (TPSA) is 90.9 Å². The zero-order valence-corrected chi connectivity index (χ0v) is 14.5. The van der Waals surface area contributed by atoms with Gasteiger partial charge in [-0.05, 0) is 40.7 Å². The molecule has 1 saturated heterocycles.